The van der Waals surface area contributed by atoms with Crippen molar-refractivity contribution >= 4 is 58.9 Å². The van der Waals surface area contributed by atoms with E-state index in [1.165, 1.54) is 34.1 Å². The Morgan fingerprint density at radius 1 is 0.561 bits per heavy atom. The van der Waals surface area contributed by atoms with Crippen molar-refractivity contribution in [1.82, 2.24) is 47.0 Å². The third-order valence-corrected chi connectivity index (χ3v) is 14.8. The lowest BCUT2D eigenvalue weighted by Gasteiger charge is -2.36. The van der Waals surface area contributed by atoms with E-state index in [9.17, 15) is 47.9 Å². The summed E-state index contributed by atoms with van der Waals surface area (Å²) in [5, 5.41) is 20.5. The first-order valence-electron chi connectivity index (χ1n) is 27.6. The number of carbonyl (C=O) groups is 10. The predicted octanol–water partition coefficient (Wildman–Crippen LogP) is 1.17. The first-order chi connectivity index (χ1) is 38.6. The van der Waals surface area contributed by atoms with Gasteiger partial charge in [-0.05, 0) is 87.0 Å². The molecule has 2 aliphatic heterocycles. The highest BCUT2D eigenvalue weighted by molar-refractivity contribution is 5.99. The van der Waals surface area contributed by atoms with Gasteiger partial charge in [-0.2, -0.15) is 0 Å². The number of primary amides is 2. The van der Waals surface area contributed by atoms with Crippen LogP contribution in [0.3, 0.4) is 0 Å². The zero-order chi connectivity index (χ0) is 60.6. The van der Waals surface area contributed by atoms with Crippen LogP contribution in [0.15, 0.2) is 84.9 Å². The van der Waals surface area contributed by atoms with Gasteiger partial charge in [0.25, 0.3) is 11.8 Å². The quantitative estimate of drug-likeness (QED) is 0.0518. The van der Waals surface area contributed by atoms with Crippen LogP contribution >= 0.6 is 0 Å². The predicted molar refractivity (Wildman–Crippen MR) is 305 cm³/mol. The second kappa shape index (κ2) is 29.4. The Morgan fingerprint density at radius 3 is 1.33 bits per heavy atom. The fraction of sp³-hybridized carbons (Fsp3) is 0.525. The van der Waals surface area contributed by atoms with E-state index in [4.69, 9.17) is 20.9 Å². The summed E-state index contributed by atoms with van der Waals surface area (Å²) in [5.41, 5.74) is 10.7. The number of benzene rings is 3. The lowest BCUT2D eigenvalue weighted by atomic mass is 9.76. The number of hydrogen-bond acceptors (Lipinski definition) is 14. The SMILES string of the molecule is CN[C@@H](C)C(=O)C[C@H](C(=O)N1C[C@@H](NC(=O)c2ccc(C(=O)N[C@H]3C[C@@H](C(=O)N[C@H](COCC(N)=O)c4ccccc4)N(C(=O)[C@@H](NC(=O)[C@H](C)NC)C(C)(C)C)C3)cc2)C[C@H]1C(=O)N[C@H](COCC(N)=O)c1ccccc1)C(C)(C)C. The van der Waals surface area contributed by atoms with Crippen LogP contribution in [0.1, 0.15) is 119 Å². The van der Waals surface area contributed by atoms with E-state index in [1.54, 1.807) is 109 Å². The van der Waals surface area contributed by atoms with Crippen LogP contribution in [0.4, 0.5) is 0 Å². The van der Waals surface area contributed by atoms with Crippen molar-refractivity contribution in [3.8, 4) is 0 Å². The van der Waals surface area contributed by atoms with Crippen molar-refractivity contribution in [2.24, 2.45) is 28.2 Å². The summed E-state index contributed by atoms with van der Waals surface area (Å²) in [6.45, 7) is 13.0. The number of ketones is 1. The van der Waals surface area contributed by atoms with E-state index in [2.05, 4.69) is 37.2 Å². The van der Waals surface area contributed by atoms with Crippen LogP contribution in [0.2, 0.25) is 0 Å². The largest absolute Gasteiger partial charge is 0.369 e. The number of rotatable bonds is 27. The number of hydrogen-bond donors (Lipinski definition) is 9. The highest BCUT2D eigenvalue weighted by Gasteiger charge is 2.48. The first kappa shape index (κ1) is 65.2. The van der Waals surface area contributed by atoms with Gasteiger partial charge >= 0.3 is 0 Å². The summed E-state index contributed by atoms with van der Waals surface area (Å²) in [6, 6.07) is 16.0. The molecule has 0 radical (unpaired) electrons. The third-order valence-electron chi connectivity index (χ3n) is 14.8. The molecule has 2 heterocycles. The molecule has 2 aliphatic rings. The van der Waals surface area contributed by atoms with Gasteiger partial charge in [0.1, 0.15) is 37.1 Å². The summed E-state index contributed by atoms with van der Waals surface area (Å²) in [6.07, 6.45) is -0.130. The molecule has 2 saturated heterocycles. The normalized spacial score (nSPS) is 19.3. The molecular formula is C59H83N11O12. The van der Waals surface area contributed by atoms with Crippen molar-refractivity contribution in [2.45, 2.75) is 129 Å². The number of likely N-dealkylation sites (tertiary alicyclic amines) is 2. The van der Waals surface area contributed by atoms with Gasteiger partial charge < -0.3 is 68.0 Å². The smallest absolute Gasteiger partial charge is 0.251 e. The highest BCUT2D eigenvalue weighted by Crippen LogP contribution is 2.34. The lowest BCUT2D eigenvalue weighted by molar-refractivity contribution is -0.146. The van der Waals surface area contributed by atoms with E-state index in [0.29, 0.717) is 11.1 Å². The average Bonchev–Trinajstić information content (AvgIpc) is 4.20. The Hall–Kier alpha value is -7.60. The van der Waals surface area contributed by atoms with Gasteiger partial charge in [-0.1, -0.05) is 102 Å². The summed E-state index contributed by atoms with van der Waals surface area (Å²) in [5.74, 6) is -6.12. The maximum Gasteiger partial charge on any atom is 0.251 e. The number of nitrogens with one attached hydrogen (secondary N) is 7. The zero-order valence-corrected chi connectivity index (χ0v) is 48.7. The van der Waals surface area contributed by atoms with E-state index in [0.717, 1.165) is 0 Å². The molecule has 3 aromatic carbocycles. The summed E-state index contributed by atoms with van der Waals surface area (Å²) in [7, 11) is 3.26. The number of Topliss-reactive ketones (excluding diaryl/α,β-unsaturated/α-hetero) is 1. The second-order valence-corrected chi connectivity index (χ2v) is 23.2. The molecule has 0 spiro atoms. The Balaban J connectivity index is 1.37. The molecule has 446 valence electrons. The average molecular weight is 1140 g/mol. The van der Waals surface area contributed by atoms with Gasteiger partial charge in [-0.15, -0.1) is 0 Å². The molecule has 0 bridgehead atoms. The van der Waals surface area contributed by atoms with Gasteiger partial charge in [0.05, 0.1) is 37.4 Å². The molecular weight excluding hydrogens is 1050 g/mol. The van der Waals surface area contributed by atoms with Gasteiger partial charge in [-0.3, -0.25) is 47.9 Å². The number of nitrogens with zero attached hydrogens (tertiary/aromatic N) is 2. The molecule has 0 aliphatic carbocycles. The minimum absolute atomic E-state index is 0.000960. The van der Waals surface area contributed by atoms with Crippen LogP contribution in [-0.2, 0) is 47.8 Å². The van der Waals surface area contributed by atoms with Crippen molar-refractivity contribution in [1.29, 1.82) is 0 Å². The monoisotopic (exact) mass is 1140 g/mol. The first-order valence-corrected chi connectivity index (χ1v) is 27.6. The molecule has 11 N–H and O–H groups in total. The Labute approximate surface area is 479 Å². The van der Waals surface area contributed by atoms with E-state index < -0.39 is 138 Å². The number of amides is 9. The molecule has 0 aromatic heterocycles. The van der Waals surface area contributed by atoms with Gasteiger partial charge in [0, 0.05) is 48.6 Å². The fourth-order valence-electron chi connectivity index (χ4n) is 9.80. The van der Waals surface area contributed by atoms with Gasteiger partial charge in [0.2, 0.25) is 41.4 Å². The third kappa shape index (κ3) is 18.2. The van der Waals surface area contributed by atoms with Crippen LogP contribution in [0, 0.1) is 16.7 Å². The van der Waals surface area contributed by atoms with Crippen molar-refractivity contribution < 1.29 is 57.4 Å². The molecule has 0 unspecified atom stereocenters. The van der Waals surface area contributed by atoms with Crippen molar-refractivity contribution in [2.75, 3.05) is 53.6 Å². The molecule has 9 amide bonds. The highest BCUT2D eigenvalue weighted by atomic mass is 16.5. The molecule has 23 nitrogen and oxygen atoms in total. The molecule has 23 heteroatoms. The molecule has 0 saturated carbocycles. The number of likely N-dealkylation sites (N-methyl/N-ethyl adjacent to an activating group) is 2. The Kier molecular flexibility index (Phi) is 23.4. The summed E-state index contributed by atoms with van der Waals surface area (Å²) >= 11 is 0. The van der Waals surface area contributed by atoms with Gasteiger partial charge in [0.15, 0.2) is 0 Å². The number of carbonyl (C=O) groups excluding carboxylic acids is 10. The summed E-state index contributed by atoms with van der Waals surface area (Å²) < 4.78 is 11.1. The minimum atomic E-state index is -1.14. The Bertz CT molecular complexity index is 2550. The molecule has 3 aromatic rings. The van der Waals surface area contributed by atoms with Crippen molar-refractivity contribution in [3.05, 3.63) is 107 Å². The maximum atomic E-state index is 14.7. The lowest BCUT2D eigenvalue weighted by Crippen LogP contribution is -2.59. The minimum Gasteiger partial charge on any atom is -0.369 e. The van der Waals surface area contributed by atoms with Crippen molar-refractivity contribution in [3.63, 3.8) is 0 Å². The van der Waals surface area contributed by atoms with Crippen LogP contribution in [0.25, 0.3) is 0 Å². The zero-order valence-electron chi connectivity index (χ0n) is 48.7. The maximum absolute atomic E-state index is 14.7. The molecule has 5 rings (SSSR count). The Morgan fingerprint density at radius 2 is 0.963 bits per heavy atom. The standard InChI is InChI=1S/C59H83N11O12/c1-34(62-9)47(71)27-42(58(3,4)5)56(79)69-28-40(25-45(69)54(77)66-43(30-81-32-48(60)72)36-17-13-11-14-18-36)64-52(75)38-21-23-39(24-22-38)53(76)65-41-26-46(55(78)67-44(31-82-33-49(61)73)37-19-15-12-16-20-37)70(29-41)57(80)50(59(6,7)8)68-51(74)35(2)63-10/h11-24,34-35,40-46,50,62-63H,25-33H2,1-10H3,(H2,60,72)(H2,61,73)(H,64,75)(H,65,76)(H,66,77)(H,67,78)(H,68,74)/t34-,35-,40-,41-,42+,43+,44+,45-,46-,50+/m0/s1. The topological polar surface area (TPSA) is 332 Å². The number of ether oxygens (including phenoxy) is 2. The van der Waals surface area contributed by atoms with E-state index in [1.807, 2.05) is 20.8 Å². The van der Waals surface area contributed by atoms with E-state index >= 15 is 0 Å². The molecule has 10 atom stereocenters. The fourth-order valence-corrected chi connectivity index (χ4v) is 9.80. The number of nitrogens with two attached hydrogens (primary N) is 2. The molecule has 82 heavy (non-hydrogen) atoms. The van der Waals surface area contributed by atoms with Crippen LogP contribution < -0.4 is 48.7 Å². The second-order valence-electron chi connectivity index (χ2n) is 23.2. The summed E-state index contributed by atoms with van der Waals surface area (Å²) in [4.78, 5) is 139. The van der Waals surface area contributed by atoms with Crippen LogP contribution in [-0.4, -0.2) is 165 Å². The van der Waals surface area contributed by atoms with Crippen LogP contribution in [0.5, 0.6) is 0 Å². The van der Waals surface area contributed by atoms with Gasteiger partial charge in [-0.25, -0.2) is 0 Å². The van der Waals surface area contributed by atoms with E-state index in [-0.39, 0.29) is 62.5 Å². The molecule has 2 fully saturated rings.